The zero-order valence-corrected chi connectivity index (χ0v) is 10.0. The van der Waals surface area contributed by atoms with Crippen LogP contribution in [-0.2, 0) is 4.79 Å². The second-order valence-corrected chi connectivity index (χ2v) is 4.61. The molecule has 17 heavy (non-hydrogen) atoms. The minimum Gasteiger partial charge on any atom is -0.481 e. The summed E-state index contributed by atoms with van der Waals surface area (Å²) in [6.45, 7) is 1.82. The molecule has 0 saturated carbocycles. The lowest BCUT2D eigenvalue weighted by Gasteiger charge is -2.18. The van der Waals surface area contributed by atoms with E-state index in [1.165, 1.54) is 0 Å². The molecule has 0 aromatic heterocycles. The molecule has 3 unspecified atom stereocenters. The van der Waals surface area contributed by atoms with E-state index in [-0.39, 0.29) is 12.1 Å². The van der Waals surface area contributed by atoms with Crippen LogP contribution < -0.4 is 16.6 Å². The van der Waals surface area contributed by atoms with Gasteiger partial charge < -0.3 is 10.8 Å². The van der Waals surface area contributed by atoms with Crippen molar-refractivity contribution in [1.82, 2.24) is 10.9 Å². The highest BCUT2D eigenvalue weighted by Crippen LogP contribution is 2.34. The summed E-state index contributed by atoms with van der Waals surface area (Å²) in [5.74, 6) is -1.41. The molecule has 2 rings (SSSR count). The Hall–Kier alpha value is -1.30. The Morgan fingerprint density at radius 1 is 1.47 bits per heavy atom. The third-order valence-corrected chi connectivity index (χ3v) is 3.34. The molecule has 0 bridgehead atoms. The molecule has 5 N–H and O–H groups in total. The van der Waals surface area contributed by atoms with Crippen molar-refractivity contribution in [2.24, 2.45) is 5.92 Å². The van der Waals surface area contributed by atoms with Gasteiger partial charge in [-0.3, -0.25) is 10.2 Å². The van der Waals surface area contributed by atoms with Crippen molar-refractivity contribution in [3.05, 3.63) is 28.8 Å². The van der Waals surface area contributed by atoms with E-state index in [9.17, 15) is 9.90 Å². The van der Waals surface area contributed by atoms with E-state index in [1.54, 1.807) is 18.2 Å². The third-order valence-electron chi connectivity index (χ3n) is 3.01. The molecule has 6 heteroatoms. The van der Waals surface area contributed by atoms with Crippen molar-refractivity contribution in [3.8, 4) is 0 Å². The molecule has 5 nitrogen and oxygen atoms in total. The summed E-state index contributed by atoms with van der Waals surface area (Å²) in [7, 11) is 0. The normalized spacial score (nSPS) is 28.2. The smallest absolute Gasteiger partial charge is 0.310 e. The number of hydrogen-bond donors (Lipinski definition) is 4. The first-order valence-corrected chi connectivity index (χ1v) is 5.67. The van der Waals surface area contributed by atoms with E-state index < -0.39 is 11.9 Å². The molecule has 1 aliphatic rings. The Morgan fingerprint density at radius 3 is 2.76 bits per heavy atom. The molecule has 0 spiro atoms. The van der Waals surface area contributed by atoms with Gasteiger partial charge in [-0.05, 0) is 24.6 Å². The van der Waals surface area contributed by atoms with E-state index in [2.05, 4.69) is 10.9 Å². The summed E-state index contributed by atoms with van der Waals surface area (Å²) in [4.78, 5) is 11.2. The van der Waals surface area contributed by atoms with Gasteiger partial charge in [-0.2, -0.15) is 0 Å². The molecular weight excluding hydrogens is 242 g/mol. The lowest BCUT2D eigenvalue weighted by molar-refractivity contribution is -0.142. The van der Waals surface area contributed by atoms with Crippen molar-refractivity contribution in [2.75, 3.05) is 5.73 Å². The van der Waals surface area contributed by atoms with E-state index in [0.29, 0.717) is 10.7 Å². The van der Waals surface area contributed by atoms with Crippen molar-refractivity contribution in [3.63, 3.8) is 0 Å². The predicted molar refractivity (Wildman–Crippen MR) is 65.5 cm³/mol. The molecule has 1 aromatic rings. The Balaban J connectivity index is 2.36. The first-order valence-electron chi connectivity index (χ1n) is 5.29. The van der Waals surface area contributed by atoms with Crippen molar-refractivity contribution in [1.29, 1.82) is 0 Å². The van der Waals surface area contributed by atoms with Gasteiger partial charge in [0.1, 0.15) is 0 Å². The maximum atomic E-state index is 11.2. The number of carbonyl (C=O) groups is 1. The second-order valence-electron chi connectivity index (χ2n) is 4.20. The largest absolute Gasteiger partial charge is 0.481 e. The Morgan fingerprint density at radius 2 is 2.18 bits per heavy atom. The van der Waals surface area contributed by atoms with Crippen LogP contribution in [-0.4, -0.2) is 17.1 Å². The molecule has 3 atom stereocenters. The van der Waals surface area contributed by atoms with Crippen LogP contribution in [0.5, 0.6) is 0 Å². The molecule has 92 valence electrons. The molecule has 1 aromatic carbocycles. The van der Waals surface area contributed by atoms with Crippen LogP contribution in [0.1, 0.15) is 18.5 Å². The van der Waals surface area contributed by atoms with E-state index in [1.807, 2.05) is 6.92 Å². The summed E-state index contributed by atoms with van der Waals surface area (Å²) in [6, 6.07) is 4.58. The Bertz CT molecular complexity index is 452. The molecule has 1 saturated heterocycles. The number of hydrogen-bond acceptors (Lipinski definition) is 4. The van der Waals surface area contributed by atoms with Gasteiger partial charge in [0.25, 0.3) is 0 Å². The fraction of sp³-hybridized carbons (Fsp3) is 0.364. The number of rotatable bonds is 2. The molecule has 0 radical (unpaired) electrons. The highest BCUT2D eigenvalue weighted by atomic mass is 35.5. The van der Waals surface area contributed by atoms with Gasteiger partial charge in [0.2, 0.25) is 0 Å². The Labute approximate surface area is 104 Å². The third kappa shape index (κ3) is 2.22. The minimum absolute atomic E-state index is 0.161. The fourth-order valence-corrected chi connectivity index (χ4v) is 2.42. The first kappa shape index (κ1) is 12.2. The Kier molecular flexibility index (Phi) is 3.24. The molecular formula is C11H14ClN3O2. The zero-order valence-electron chi connectivity index (χ0n) is 9.27. The number of carboxylic acids is 1. The van der Waals surface area contributed by atoms with Gasteiger partial charge in [0.05, 0.1) is 12.0 Å². The molecule has 1 fully saturated rings. The van der Waals surface area contributed by atoms with Crippen LogP contribution in [0.4, 0.5) is 5.69 Å². The summed E-state index contributed by atoms with van der Waals surface area (Å²) >= 11 is 6.09. The number of hydrazine groups is 1. The lowest BCUT2D eigenvalue weighted by atomic mass is 9.90. The maximum Gasteiger partial charge on any atom is 0.310 e. The first-order chi connectivity index (χ1) is 8.00. The number of carboxylic acid groups (broad SMARTS) is 1. The topological polar surface area (TPSA) is 87.4 Å². The van der Waals surface area contributed by atoms with Crippen LogP contribution in [0.3, 0.4) is 0 Å². The van der Waals surface area contributed by atoms with Crippen LogP contribution in [0.15, 0.2) is 18.2 Å². The van der Waals surface area contributed by atoms with E-state index in [0.717, 1.165) is 5.56 Å². The number of halogens is 1. The standard InChI is InChI=1S/C11H14ClN3O2/c1-5-9(11(16)17)10(15-14-5)7-3-2-6(13)4-8(7)12/h2-5,9-10,14-15H,13H2,1H3,(H,16,17). The highest BCUT2D eigenvalue weighted by Gasteiger charge is 2.40. The molecule has 0 amide bonds. The van der Waals surface area contributed by atoms with Crippen molar-refractivity contribution >= 4 is 23.3 Å². The summed E-state index contributed by atoms with van der Waals surface area (Å²) in [6.07, 6.45) is 0. The zero-order chi connectivity index (χ0) is 12.6. The van der Waals surface area contributed by atoms with Crippen molar-refractivity contribution < 1.29 is 9.90 Å². The van der Waals surface area contributed by atoms with Gasteiger partial charge in [0, 0.05) is 16.8 Å². The van der Waals surface area contributed by atoms with Gasteiger partial charge in [-0.25, -0.2) is 5.43 Å². The molecule has 1 aliphatic heterocycles. The second kappa shape index (κ2) is 4.52. The highest BCUT2D eigenvalue weighted by molar-refractivity contribution is 6.31. The average Bonchev–Trinajstić information content (AvgIpc) is 2.60. The molecule has 1 heterocycles. The van der Waals surface area contributed by atoms with Gasteiger partial charge in [-0.1, -0.05) is 17.7 Å². The fourth-order valence-electron chi connectivity index (χ4n) is 2.11. The van der Waals surface area contributed by atoms with Crippen LogP contribution >= 0.6 is 11.6 Å². The number of nitrogens with one attached hydrogen (secondary N) is 2. The quantitative estimate of drug-likeness (QED) is 0.596. The predicted octanol–water partition coefficient (Wildman–Crippen LogP) is 1.16. The summed E-state index contributed by atoms with van der Waals surface area (Å²) < 4.78 is 0. The maximum absolute atomic E-state index is 11.2. The van der Waals surface area contributed by atoms with Gasteiger partial charge >= 0.3 is 5.97 Å². The van der Waals surface area contributed by atoms with E-state index in [4.69, 9.17) is 17.3 Å². The minimum atomic E-state index is -0.854. The van der Waals surface area contributed by atoms with Gasteiger partial charge in [0.15, 0.2) is 0 Å². The van der Waals surface area contributed by atoms with Gasteiger partial charge in [-0.15, -0.1) is 0 Å². The van der Waals surface area contributed by atoms with E-state index >= 15 is 0 Å². The SMILES string of the molecule is CC1NNC(c2ccc(N)cc2Cl)C1C(=O)O. The summed E-state index contributed by atoms with van der Waals surface area (Å²) in [5.41, 5.74) is 12.8. The van der Waals surface area contributed by atoms with Crippen LogP contribution in [0.2, 0.25) is 5.02 Å². The monoisotopic (exact) mass is 255 g/mol. The number of aliphatic carboxylic acids is 1. The number of benzene rings is 1. The lowest BCUT2D eigenvalue weighted by Crippen LogP contribution is -2.30. The molecule has 0 aliphatic carbocycles. The van der Waals surface area contributed by atoms with Crippen LogP contribution in [0.25, 0.3) is 0 Å². The van der Waals surface area contributed by atoms with Crippen molar-refractivity contribution in [2.45, 2.75) is 19.0 Å². The summed E-state index contributed by atoms with van der Waals surface area (Å²) in [5, 5.41) is 9.69. The number of nitrogens with two attached hydrogens (primary N) is 1. The number of anilines is 1. The average molecular weight is 256 g/mol. The number of nitrogen functional groups attached to an aromatic ring is 1. The van der Waals surface area contributed by atoms with Crippen LogP contribution in [0, 0.1) is 5.92 Å².